The smallest absolute Gasteiger partial charge is 0.309 e. The molecule has 21 heavy (non-hydrogen) atoms. The molecule has 2 N–H and O–H groups in total. The minimum atomic E-state index is -4.04. The number of hydrogen-bond acceptors (Lipinski definition) is 4. The van der Waals surface area contributed by atoms with Crippen LogP contribution >= 0.6 is 0 Å². The zero-order valence-electron chi connectivity index (χ0n) is 11.3. The molecule has 0 aliphatic carbocycles. The molecule has 0 atom stereocenters. The third-order valence-electron chi connectivity index (χ3n) is 2.55. The largest absolute Gasteiger partial charge is 0.481 e. The highest BCUT2D eigenvalue weighted by Gasteiger charge is 2.16. The van der Waals surface area contributed by atoms with Gasteiger partial charge in [0.2, 0.25) is 0 Å². The summed E-state index contributed by atoms with van der Waals surface area (Å²) in [4.78, 5) is 21.1. The summed E-state index contributed by atoms with van der Waals surface area (Å²) in [6, 6.07) is 5.92. The molecule has 1 aromatic carbocycles. The van der Waals surface area contributed by atoms with Crippen LogP contribution in [0.5, 0.6) is 0 Å². The highest BCUT2D eigenvalue weighted by Crippen LogP contribution is 2.15. The zero-order valence-corrected chi connectivity index (χ0v) is 12.1. The van der Waals surface area contributed by atoms with E-state index in [9.17, 15) is 18.0 Å². The molecule has 0 fully saturated rings. The van der Waals surface area contributed by atoms with Crippen LogP contribution in [-0.2, 0) is 19.6 Å². The van der Waals surface area contributed by atoms with E-state index in [4.69, 9.17) is 10.2 Å². The Labute approximate surface area is 122 Å². The Bertz CT molecular complexity index is 660. The minimum absolute atomic E-state index is 0.0636. The van der Waals surface area contributed by atoms with Gasteiger partial charge in [-0.2, -0.15) is 12.8 Å². The van der Waals surface area contributed by atoms with E-state index in [0.29, 0.717) is 0 Å². The van der Waals surface area contributed by atoms with Crippen LogP contribution in [0.15, 0.2) is 33.6 Å². The molecule has 7 nitrogen and oxygen atoms in total. The summed E-state index contributed by atoms with van der Waals surface area (Å²) < 4.78 is 27.6. The number of benzene rings is 1. The maximum Gasteiger partial charge on any atom is 0.309 e. The van der Waals surface area contributed by atoms with Crippen molar-refractivity contribution < 1.29 is 28.2 Å². The van der Waals surface area contributed by atoms with Crippen LogP contribution in [0.25, 0.3) is 0 Å². The lowest BCUT2D eigenvalue weighted by atomic mass is 10.1. The van der Waals surface area contributed by atoms with Crippen LogP contribution < -0.4 is 0 Å². The van der Waals surface area contributed by atoms with Crippen molar-refractivity contribution in [2.24, 2.45) is 4.40 Å². The van der Waals surface area contributed by atoms with Gasteiger partial charge in [-0.15, -0.1) is 0 Å². The van der Waals surface area contributed by atoms with Gasteiger partial charge in [0.05, 0.1) is 17.7 Å². The second kappa shape index (κ2) is 6.98. The van der Waals surface area contributed by atoms with E-state index in [0.717, 1.165) is 5.56 Å². The molecule has 0 spiro atoms. The molecule has 0 amide bonds. The Morgan fingerprint density at radius 3 is 2.10 bits per heavy atom. The third-order valence-corrected chi connectivity index (χ3v) is 3.92. The monoisotopic (exact) mass is 313 g/mol. The van der Waals surface area contributed by atoms with E-state index in [1.165, 1.54) is 12.1 Å². The van der Waals surface area contributed by atoms with E-state index in [2.05, 4.69) is 4.40 Å². The normalized spacial score (nSPS) is 12.1. The average molecular weight is 313 g/mol. The maximum atomic E-state index is 12.1. The SMILES string of the molecule is Cc1ccc(S(=O)(=O)/N=C(\CCC(=O)O)CC(=O)O)cc1. The summed E-state index contributed by atoms with van der Waals surface area (Å²) in [5, 5.41) is 17.3. The highest BCUT2D eigenvalue weighted by atomic mass is 32.2. The molecule has 1 rings (SSSR count). The lowest BCUT2D eigenvalue weighted by Gasteiger charge is -2.04. The summed E-state index contributed by atoms with van der Waals surface area (Å²) in [5.41, 5.74) is 0.681. The number of rotatable bonds is 7. The summed E-state index contributed by atoms with van der Waals surface area (Å²) in [5.74, 6) is -2.42. The summed E-state index contributed by atoms with van der Waals surface area (Å²) in [7, 11) is -4.04. The van der Waals surface area contributed by atoms with Gasteiger partial charge in [0.1, 0.15) is 0 Å². The summed E-state index contributed by atoms with van der Waals surface area (Å²) >= 11 is 0. The van der Waals surface area contributed by atoms with E-state index in [-0.39, 0.29) is 23.4 Å². The van der Waals surface area contributed by atoms with E-state index in [1.807, 2.05) is 0 Å². The Morgan fingerprint density at radius 2 is 1.62 bits per heavy atom. The Kier molecular flexibility index (Phi) is 5.60. The Morgan fingerprint density at radius 1 is 1.05 bits per heavy atom. The molecular formula is C13H15NO6S. The first kappa shape index (κ1) is 16.8. The van der Waals surface area contributed by atoms with Gasteiger partial charge in [0, 0.05) is 5.71 Å². The van der Waals surface area contributed by atoms with Gasteiger partial charge in [-0.25, -0.2) is 0 Å². The summed E-state index contributed by atoms with van der Waals surface area (Å²) in [6.07, 6.45) is -1.22. The second-order valence-electron chi connectivity index (χ2n) is 4.41. The van der Waals surface area contributed by atoms with Crippen molar-refractivity contribution >= 4 is 27.7 Å². The fraction of sp³-hybridized carbons (Fsp3) is 0.308. The second-order valence-corrected chi connectivity index (χ2v) is 6.01. The summed E-state index contributed by atoms with van der Waals surface area (Å²) in [6.45, 7) is 1.79. The van der Waals surface area contributed by atoms with Crippen LogP contribution in [0.2, 0.25) is 0 Å². The molecule has 114 valence electrons. The molecule has 0 bridgehead atoms. The van der Waals surface area contributed by atoms with Crippen LogP contribution in [0.3, 0.4) is 0 Å². The van der Waals surface area contributed by atoms with Gasteiger partial charge < -0.3 is 10.2 Å². The van der Waals surface area contributed by atoms with Gasteiger partial charge >= 0.3 is 11.9 Å². The maximum absolute atomic E-state index is 12.1. The van der Waals surface area contributed by atoms with Crippen molar-refractivity contribution in [3.8, 4) is 0 Å². The van der Waals surface area contributed by atoms with Crippen LogP contribution in [-0.4, -0.2) is 36.3 Å². The number of sulfonamides is 1. The molecule has 0 saturated carbocycles. The van der Waals surface area contributed by atoms with Crippen molar-refractivity contribution in [1.29, 1.82) is 0 Å². The molecule has 0 aliphatic heterocycles. The highest BCUT2D eigenvalue weighted by molar-refractivity contribution is 7.90. The quantitative estimate of drug-likeness (QED) is 0.735. The molecule has 8 heteroatoms. The van der Waals surface area contributed by atoms with Gasteiger partial charge in [0.25, 0.3) is 10.0 Å². The van der Waals surface area contributed by atoms with Crippen LogP contribution in [0.4, 0.5) is 0 Å². The zero-order chi connectivity index (χ0) is 16.0. The number of hydrogen-bond donors (Lipinski definition) is 2. The Balaban J connectivity index is 3.08. The Hall–Kier alpha value is -2.22. The number of carbonyl (C=O) groups is 2. The number of carboxylic acid groups (broad SMARTS) is 2. The predicted molar refractivity (Wildman–Crippen MR) is 74.9 cm³/mol. The van der Waals surface area contributed by atoms with E-state index >= 15 is 0 Å². The lowest BCUT2D eigenvalue weighted by Crippen LogP contribution is -2.12. The lowest BCUT2D eigenvalue weighted by molar-refractivity contribution is -0.137. The molecule has 1 aromatic rings. The number of nitrogens with zero attached hydrogens (tertiary/aromatic N) is 1. The van der Waals surface area contributed by atoms with E-state index in [1.54, 1.807) is 19.1 Å². The first-order valence-electron chi connectivity index (χ1n) is 6.03. The van der Waals surface area contributed by atoms with Gasteiger partial charge in [-0.1, -0.05) is 17.7 Å². The molecule has 0 heterocycles. The van der Waals surface area contributed by atoms with Crippen LogP contribution in [0, 0.1) is 6.92 Å². The van der Waals surface area contributed by atoms with Crippen molar-refractivity contribution in [1.82, 2.24) is 0 Å². The molecule has 0 aliphatic rings. The fourth-order valence-corrected chi connectivity index (χ4v) is 2.61. The molecule has 0 aromatic heterocycles. The standard InChI is InChI=1S/C13H15NO6S/c1-9-2-5-11(6-3-9)21(19,20)14-10(8-13(17)18)4-7-12(15)16/h2-3,5-6H,4,7-8H2,1H3,(H,15,16)(H,17,18)/b14-10+. The number of aliphatic carboxylic acids is 2. The van der Waals surface area contributed by atoms with Crippen LogP contribution in [0.1, 0.15) is 24.8 Å². The topological polar surface area (TPSA) is 121 Å². The van der Waals surface area contributed by atoms with Crippen molar-refractivity contribution in [2.45, 2.75) is 31.1 Å². The number of aryl methyl sites for hydroxylation is 1. The van der Waals surface area contributed by atoms with Crippen molar-refractivity contribution in [2.75, 3.05) is 0 Å². The van der Waals surface area contributed by atoms with Gasteiger partial charge in [-0.3, -0.25) is 9.59 Å². The van der Waals surface area contributed by atoms with Crippen molar-refractivity contribution in [3.05, 3.63) is 29.8 Å². The molecule has 0 saturated heterocycles. The average Bonchev–Trinajstić information content (AvgIpc) is 2.35. The third kappa shape index (κ3) is 5.74. The van der Waals surface area contributed by atoms with E-state index < -0.39 is 28.4 Å². The first-order valence-corrected chi connectivity index (χ1v) is 7.47. The fourth-order valence-electron chi connectivity index (χ4n) is 1.52. The van der Waals surface area contributed by atoms with Gasteiger partial charge in [-0.05, 0) is 25.5 Å². The first-order chi connectivity index (χ1) is 9.70. The molecule has 0 unspecified atom stereocenters. The predicted octanol–water partition coefficient (Wildman–Crippen LogP) is 1.46. The van der Waals surface area contributed by atoms with Crippen molar-refractivity contribution in [3.63, 3.8) is 0 Å². The van der Waals surface area contributed by atoms with Gasteiger partial charge in [0.15, 0.2) is 0 Å². The number of carboxylic acids is 2. The molecule has 0 radical (unpaired) electrons. The molecular weight excluding hydrogens is 298 g/mol. The minimum Gasteiger partial charge on any atom is -0.481 e.